The lowest BCUT2D eigenvalue weighted by Gasteiger charge is -2.29. The molecule has 0 amide bonds. The van der Waals surface area contributed by atoms with E-state index in [9.17, 15) is 0 Å². The van der Waals surface area contributed by atoms with Gasteiger partial charge in [-0.05, 0) is 43.1 Å². The van der Waals surface area contributed by atoms with Crippen molar-refractivity contribution in [2.24, 2.45) is 0 Å². The van der Waals surface area contributed by atoms with Crippen LogP contribution >= 0.6 is 15.9 Å². The van der Waals surface area contributed by atoms with Gasteiger partial charge in [0.2, 0.25) is 0 Å². The van der Waals surface area contributed by atoms with Gasteiger partial charge in [-0.15, -0.1) is 0 Å². The average molecular weight is 274 g/mol. The highest BCUT2D eigenvalue weighted by Crippen LogP contribution is 2.10. The highest BCUT2D eigenvalue weighted by Gasteiger charge is 2.17. The zero-order valence-corrected chi connectivity index (χ0v) is 11.5. The van der Waals surface area contributed by atoms with Crippen LogP contribution in [0.25, 0.3) is 0 Å². The molecule has 1 unspecified atom stereocenters. The molecule has 0 spiro atoms. The molecule has 1 rings (SSSR count). The molecular formula is C11H20BrN3. The summed E-state index contributed by atoms with van der Waals surface area (Å²) in [5.41, 5.74) is 0.198. The molecule has 0 saturated heterocycles. The lowest BCUT2D eigenvalue weighted by Crippen LogP contribution is -2.45. The summed E-state index contributed by atoms with van der Waals surface area (Å²) in [7, 11) is 0. The lowest BCUT2D eigenvalue weighted by atomic mass is 10.0. The van der Waals surface area contributed by atoms with Crippen LogP contribution in [0.1, 0.15) is 34.1 Å². The summed E-state index contributed by atoms with van der Waals surface area (Å²) in [4.78, 5) is 0. The fraction of sp³-hybridized carbons (Fsp3) is 0.727. The van der Waals surface area contributed by atoms with E-state index in [0.717, 1.165) is 17.4 Å². The SMILES string of the molecule is CCC(C)(C)NC(C)Cn1cc(Br)cn1. The number of hydrogen-bond donors (Lipinski definition) is 1. The number of aromatic nitrogens is 2. The Bertz CT molecular complexity index is 307. The number of nitrogens with one attached hydrogen (secondary N) is 1. The van der Waals surface area contributed by atoms with Crippen molar-refractivity contribution in [1.29, 1.82) is 0 Å². The Balaban J connectivity index is 2.46. The molecule has 0 saturated carbocycles. The van der Waals surface area contributed by atoms with Crippen LogP contribution in [0.5, 0.6) is 0 Å². The van der Waals surface area contributed by atoms with Gasteiger partial charge in [0, 0.05) is 17.8 Å². The molecule has 0 radical (unpaired) electrons. The Morgan fingerprint density at radius 3 is 2.73 bits per heavy atom. The third kappa shape index (κ3) is 4.34. The van der Waals surface area contributed by atoms with E-state index in [-0.39, 0.29) is 5.54 Å². The molecule has 0 aliphatic rings. The van der Waals surface area contributed by atoms with Gasteiger partial charge >= 0.3 is 0 Å². The molecule has 1 N–H and O–H groups in total. The van der Waals surface area contributed by atoms with Gasteiger partial charge in [-0.3, -0.25) is 4.68 Å². The summed E-state index contributed by atoms with van der Waals surface area (Å²) in [6.07, 6.45) is 4.94. The van der Waals surface area contributed by atoms with Crippen molar-refractivity contribution in [2.75, 3.05) is 0 Å². The van der Waals surface area contributed by atoms with Gasteiger partial charge in [0.05, 0.1) is 17.2 Å². The Kier molecular flexibility index (Phi) is 4.34. The minimum atomic E-state index is 0.198. The predicted octanol–water partition coefficient (Wildman–Crippen LogP) is 2.81. The molecule has 86 valence electrons. The van der Waals surface area contributed by atoms with E-state index in [2.05, 4.69) is 54.0 Å². The van der Waals surface area contributed by atoms with Crippen molar-refractivity contribution < 1.29 is 0 Å². The number of hydrogen-bond acceptors (Lipinski definition) is 2. The van der Waals surface area contributed by atoms with Gasteiger partial charge in [0.15, 0.2) is 0 Å². The summed E-state index contributed by atoms with van der Waals surface area (Å²) in [6, 6.07) is 0.423. The second kappa shape index (κ2) is 5.12. The van der Waals surface area contributed by atoms with Gasteiger partial charge in [-0.2, -0.15) is 5.10 Å². The van der Waals surface area contributed by atoms with Crippen molar-refractivity contribution in [3.8, 4) is 0 Å². The minimum absolute atomic E-state index is 0.198. The van der Waals surface area contributed by atoms with Crippen LogP contribution in [-0.4, -0.2) is 21.4 Å². The molecule has 0 aliphatic carbocycles. The predicted molar refractivity (Wildman–Crippen MR) is 66.9 cm³/mol. The standard InChI is InChI=1S/C11H20BrN3/c1-5-11(3,4)14-9(2)7-15-8-10(12)6-13-15/h6,8-9,14H,5,7H2,1-4H3. The quantitative estimate of drug-likeness (QED) is 0.894. The summed E-state index contributed by atoms with van der Waals surface area (Å²) >= 11 is 3.39. The Morgan fingerprint density at radius 1 is 1.60 bits per heavy atom. The van der Waals surface area contributed by atoms with Crippen LogP contribution in [0, 0.1) is 0 Å². The third-order valence-corrected chi connectivity index (χ3v) is 2.99. The molecule has 3 nitrogen and oxygen atoms in total. The molecule has 0 fully saturated rings. The normalized spacial score (nSPS) is 14.2. The van der Waals surface area contributed by atoms with E-state index in [4.69, 9.17) is 0 Å². The van der Waals surface area contributed by atoms with E-state index >= 15 is 0 Å². The first-order valence-corrected chi connectivity index (χ1v) is 6.18. The van der Waals surface area contributed by atoms with Crippen molar-refractivity contribution in [2.45, 2.75) is 52.2 Å². The molecule has 1 aromatic heterocycles. The van der Waals surface area contributed by atoms with E-state index in [0.29, 0.717) is 6.04 Å². The smallest absolute Gasteiger partial charge is 0.0632 e. The molecular weight excluding hydrogens is 254 g/mol. The molecule has 1 atom stereocenters. The van der Waals surface area contributed by atoms with Gasteiger partial charge in [-0.25, -0.2) is 0 Å². The molecule has 1 heterocycles. The molecule has 0 aliphatic heterocycles. The first-order valence-electron chi connectivity index (χ1n) is 5.38. The average Bonchev–Trinajstić information content (AvgIpc) is 2.50. The van der Waals surface area contributed by atoms with Crippen LogP contribution in [0.3, 0.4) is 0 Å². The summed E-state index contributed by atoms with van der Waals surface area (Å²) in [5, 5.41) is 7.83. The monoisotopic (exact) mass is 273 g/mol. The van der Waals surface area contributed by atoms with E-state index < -0.39 is 0 Å². The van der Waals surface area contributed by atoms with E-state index in [1.807, 2.05) is 17.1 Å². The van der Waals surface area contributed by atoms with Crippen molar-refractivity contribution in [1.82, 2.24) is 15.1 Å². The van der Waals surface area contributed by atoms with Gasteiger partial charge in [0.1, 0.15) is 0 Å². The largest absolute Gasteiger partial charge is 0.307 e. The number of nitrogens with zero attached hydrogens (tertiary/aromatic N) is 2. The lowest BCUT2D eigenvalue weighted by molar-refractivity contribution is 0.309. The van der Waals surface area contributed by atoms with Crippen LogP contribution in [0.4, 0.5) is 0 Å². The fourth-order valence-electron chi connectivity index (χ4n) is 1.53. The minimum Gasteiger partial charge on any atom is -0.307 e. The first kappa shape index (κ1) is 12.7. The fourth-order valence-corrected chi connectivity index (χ4v) is 1.86. The Labute approximate surface area is 100 Å². The maximum absolute atomic E-state index is 4.24. The Hall–Kier alpha value is -0.350. The zero-order chi connectivity index (χ0) is 11.5. The third-order valence-electron chi connectivity index (χ3n) is 2.58. The van der Waals surface area contributed by atoms with Crippen molar-refractivity contribution >= 4 is 15.9 Å². The Morgan fingerprint density at radius 2 is 2.27 bits per heavy atom. The van der Waals surface area contributed by atoms with Gasteiger partial charge < -0.3 is 5.32 Å². The summed E-state index contributed by atoms with van der Waals surface area (Å²) < 4.78 is 2.98. The second-order valence-corrected chi connectivity index (χ2v) is 5.58. The van der Waals surface area contributed by atoms with Gasteiger partial charge in [0.25, 0.3) is 0 Å². The van der Waals surface area contributed by atoms with Crippen molar-refractivity contribution in [3.05, 3.63) is 16.9 Å². The zero-order valence-electron chi connectivity index (χ0n) is 9.92. The highest BCUT2D eigenvalue weighted by molar-refractivity contribution is 9.10. The molecule has 0 aromatic carbocycles. The number of halogens is 1. The first-order chi connectivity index (χ1) is 6.93. The number of rotatable bonds is 5. The van der Waals surface area contributed by atoms with Crippen LogP contribution in [-0.2, 0) is 6.54 Å². The van der Waals surface area contributed by atoms with E-state index in [1.54, 1.807) is 0 Å². The van der Waals surface area contributed by atoms with Crippen molar-refractivity contribution in [3.63, 3.8) is 0 Å². The highest BCUT2D eigenvalue weighted by atomic mass is 79.9. The topological polar surface area (TPSA) is 29.9 Å². The van der Waals surface area contributed by atoms with Crippen LogP contribution in [0.2, 0.25) is 0 Å². The molecule has 0 bridgehead atoms. The molecule has 15 heavy (non-hydrogen) atoms. The summed E-state index contributed by atoms with van der Waals surface area (Å²) in [6.45, 7) is 9.73. The maximum Gasteiger partial charge on any atom is 0.0632 e. The second-order valence-electron chi connectivity index (χ2n) is 4.66. The van der Waals surface area contributed by atoms with Gasteiger partial charge in [-0.1, -0.05) is 6.92 Å². The van der Waals surface area contributed by atoms with Crippen LogP contribution in [0.15, 0.2) is 16.9 Å². The van der Waals surface area contributed by atoms with E-state index in [1.165, 1.54) is 0 Å². The van der Waals surface area contributed by atoms with Crippen LogP contribution < -0.4 is 5.32 Å². The molecule has 1 aromatic rings. The molecule has 4 heteroatoms. The summed E-state index contributed by atoms with van der Waals surface area (Å²) in [5.74, 6) is 0. The maximum atomic E-state index is 4.24.